The van der Waals surface area contributed by atoms with E-state index >= 15 is 0 Å². The first-order valence-corrected chi connectivity index (χ1v) is 13.4. The summed E-state index contributed by atoms with van der Waals surface area (Å²) in [7, 11) is -2.03. The van der Waals surface area contributed by atoms with Crippen molar-refractivity contribution in [3.05, 3.63) is 47.9 Å². The third-order valence-corrected chi connectivity index (χ3v) is 9.01. The van der Waals surface area contributed by atoms with Crippen LogP contribution in [0.25, 0.3) is 0 Å². The standard InChI is InChI=1S/C25H31N3O5S/c1-17-13-20-14-22(9-10-23(20)28(17)25(30)18-7-8-18)34(31,32)27-11-3-5-19(15-27)24(29)26(2)16-21-6-4-12-33-21/h4,6,9-10,12,14,17-19H,3,5,7-8,11,13,15-16H2,1-2H3. The second-order valence-electron chi connectivity index (χ2n) is 9.80. The van der Waals surface area contributed by atoms with Crippen molar-refractivity contribution >= 4 is 27.5 Å². The number of nitrogens with zero attached hydrogens (tertiary/aromatic N) is 3. The van der Waals surface area contributed by atoms with E-state index in [9.17, 15) is 18.0 Å². The van der Waals surface area contributed by atoms with Crippen LogP contribution in [0.15, 0.2) is 45.9 Å². The van der Waals surface area contributed by atoms with Gasteiger partial charge in [0.1, 0.15) is 5.76 Å². The van der Waals surface area contributed by atoms with Gasteiger partial charge in [0.05, 0.1) is 23.6 Å². The summed E-state index contributed by atoms with van der Waals surface area (Å²) >= 11 is 0. The zero-order valence-corrected chi connectivity index (χ0v) is 20.5. The van der Waals surface area contributed by atoms with Gasteiger partial charge in [-0.3, -0.25) is 9.59 Å². The molecule has 8 nitrogen and oxygen atoms in total. The molecule has 5 rings (SSSR count). The van der Waals surface area contributed by atoms with Gasteiger partial charge in [0.2, 0.25) is 21.8 Å². The maximum absolute atomic E-state index is 13.5. The number of hydrogen-bond donors (Lipinski definition) is 0. The zero-order valence-electron chi connectivity index (χ0n) is 19.6. The van der Waals surface area contributed by atoms with Gasteiger partial charge in [-0.1, -0.05) is 0 Å². The van der Waals surface area contributed by atoms with Gasteiger partial charge in [-0.2, -0.15) is 4.31 Å². The maximum atomic E-state index is 13.5. The van der Waals surface area contributed by atoms with Gasteiger partial charge >= 0.3 is 0 Å². The smallest absolute Gasteiger partial charge is 0.243 e. The molecule has 1 aromatic carbocycles. The normalized spacial score (nSPS) is 23.1. The van der Waals surface area contributed by atoms with Crippen LogP contribution in [0.5, 0.6) is 0 Å². The summed E-state index contributed by atoms with van der Waals surface area (Å²) < 4.78 is 33.8. The molecule has 2 aliphatic heterocycles. The molecule has 2 amide bonds. The van der Waals surface area contributed by atoms with Crippen molar-refractivity contribution in [3.63, 3.8) is 0 Å². The fraction of sp³-hybridized carbons (Fsp3) is 0.520. The molecule has 0 bridgehead atoms. The van der Waals surface area contributed by atoms with Crippen LogP contribution in [0.1, 0.15) is 43.9 Å². The van der Waals surface area contributed by atoms with Crippen LogP contribution in [0, 0.1) is 11.8 Å². The number of carbonyl (C=O) groups is 2. The van der Waals surface area contributed by atoms with E-state index in [2.05, 4.69) is 0 Å². The molecule has 9 heteroatoms. The first-order chi connectivity index (χ1) is 16.3. The van der Waals surface area contributed by atoms with E-state index in [-0.39, 0.29) is 41.1 Å². The quantitative estimate of drug-likeness (QED) is 0.627. The molecular formula is C25H31N3O5S. The molecule has 1 saturated carbocycles. The molecule has 1 aromatic heterocycles. The van der Waals surface area contributed by atoms with Crippen LogP contribution in [0.3, 0.4) is 0 Å². The number of hydrogen-bond acceptors (Lipinski definition) is 5. The van der Waals surface area contributed by atoms with Crippen molar-refractivity contribution in [2.75, 3.05) is 25.0 Å². The fourth-order valence-electron chi connectivity index (χ4n) is 5.17. The Morgan fingerprint density at radius 2 is 1.94 bits per heavy atom. The molecule has 182 valence electrons. The van der Waals surface area contributed by atoms with Crippen LogP contribution in [-0.2, 0) is 32.6 Å². The Balaban J connectivity index is 1.31. The lowest BCUT2D eigenvalue weighted by Crippen LogP contribution is -2.45. The molecule has 0 radical (unpaired) electrons. The number of piperidine rings is 1. The number of fused-ring (bicyclic) bond motifs is 1. The van der Waals surface area contributed by atoms with Gasteiger partial charge in [0.25, 0.3) is 0 Å². The lowest BCUT2D eigenvalue weighted by atomic mass is 9.98. The Morgan fingerprint density at radius 3 is 2.65 bits per heavy atom. The summed E-state index contributed by atoms with van der Waals surface area (Å²) in [5.74, 6) is 0.499. The van der Waals surface area contributed by atoms with E-state index in [1.807, 2.05) is 17.9 Å². The van der Waals surface area contributed by atoms with Gasteiger partial charge in [-0.15, -0.1) is 0 Å². The highest BCUT2D eigenvalue weighted by atomic mass is 32.2. The molecule has 0 spiro atoms. The largest absolute Gasteiger partial charge is 0.467 e. The van der Waals surface area contributed by atoms with Gasteiger partial charge < -0.3 is 14.2 Å². The monoisotopic (exact) mass is 485 g/mol. The highest BCUT2D eigenvalue weighted by Crippen LogP contribution is 2.40. The summed E-state index contributed by atoms with van der Waals surface area (Å²) in [6, 6.07) is 8.72. The number of furan rings is 1. The van der Waals surface area contributed by atoms with Crippen molar-refractivity contribution in [3.8, 4) is 0 Å². The van der Waals surface area contributed by atoms with Crippen LogP contribution in [0.4, 0.5) is 5.69 Å². The topological polar surface area (TPSA) is 91.1 Å². The van der Waals surface area contributed by atoms with E-state index < -0.39 is 10.0 Å². The van der Waals surface area contributed by atoms with Gasteiger partial charge in [0.15, 0.2) is 0 Å². The summed E-state index contributed by atoms with van der Waals surface area (Å²) in [4.78, 5) is 29.4. The minimum absolute atomic E-state index is 0.0303. The van der Waals surface area contributed by atoms with Gasteiger partial charge in [0, 0.05) is 37.8 Å². The average Bonchev–Trinajstić information content (AvgIpc) is 3.46. The number of rotatable bonds is 6. The summed E-state index contributed by atoms with van der Waals surface area (Å²) in [5, 5.41) is 0. The third-order valence-electron chi connectivity index (χ3n) is 7.15. The first-order valence-electron chi connectivity index (χ1n) is 12.0. The van der Waals surface area contributed by atoms with Crippen molar-refractivity contribution in [2.45, 2.75) is 56.5 Å². The molecule has 1 aliphatic carbocycles. The van der Waals surface area contributed by atoms with Crippen molar-refractivity contribution in [1.29, 1.82) is 0 Å². The molecule has 2 fully saturated rings. The van der Waals surface area contributed by atoms with Crippen molar-refractivity contribution < 1.29 is 22.4 Å². The Bertz CT molecular complexity index is 1190. The third kappa shape index (κ3) is 4.27. The minimum Gasteiger partial charge on any atom is -0.467 e. The summed E-state index contributed by atoms with van der Waals surface area (Å²) in [6.07, 6.45) is 5.39. The molecule has 2 atom stereocenters. The highest BCUT2D eigenvalue weighted by molar-refractivity contribution is 7.89. The SMILES string of the molecule is CC1Cc2cc(S(=O)(=O)N3CCCC(C(=O)N(C)Cc4ccco4)C3)ccc2N1C(=O)C1CC1. The van der Waals surface area contributed by atoms with Crippen LogP contribution < -0.4 is 4.90 Å². The molecule has 34 heavy (non-hydrogen) atoms. The lowest BCUT2D eigenvalue weighted by Gasteiger charge is -2.33. The van der Waals surface area contributed by atoms with Crippen LogP contribution >= 0.6 is 0 Å². The summed E-state index contributed by atoms with van der Waals surface area (Å²) in [5.41, 5.74) is 1.72. The van der Waals surface area contributed by atoms with E-state index in [4.69, 9.17) is 4.42 Å². The molecule has 3 aliphatic rings. The number of benzene rings is 1. The van der Waals surface area contributed by atoms with Gasteiger partial charge in [-0.25, -0.2) is 8.42 Å². The predicted molar refractivity (Wildman–Crippen MR) is 126 cm³/mol. The molecule has 0 N–H and O–H groups in total. The minimum atomic E-state index is -3.74. The maximum Gasteiger partial charge on any atom is 0.243 e. The number of carbonyl (C=O) groups excluding carboxylic acids is 2. The van der Waals surface area contributed by atoms with Crippen molar-refractivity contribution in [1.82, 2.24) is 9.21 Å². The molecule has 3 heterocycles. The van der Waals surface area contributed by atoms with E-state index in [1.54, 1.807) is 42.5 Å². The van der Waals surface area contributed by atoms with Gasteiger partial charge in [-0.05, 0) is 74.9 Å². The molecule has 2 aromatic rings. The van der Waals surface area contributed by atoms with E-state index in [0.29, 0.717) is 38.1 Å². The number of amides is 2. The van der Waals surface area contributed by atoms with Crippen LogP contribution in [0.2, 0.25) is 0 Å². The van der Waals surface area contributed by atoms with E-state index in [0.717, 1.165) is 24.1 Å². The molecule has 1 saturated heterocycles. The lowest BCUT2D eigenvalue weighted by molar-refractivity contribution is -0.136. The van der Waals surface area contributed by atoms with E-state index in [1.165, 1.54) is 4.31 Å². The zero-order chi connectivity index (χ0) is 24.0. The Morgan fingerprint density at radius 1 is 1.15 bits per heavy atom. The first kappa shape index (κ1) is 23.1. The number of anilines is 1. The predicted octanol–water partition coefficient (Wildman–Crippen LogP) is 3.03. The van der Waals surface area contributed by atoms with Crippen LogP contribution in [-0.4, -0.2) is 55.6 Å². The fourth-order valence-corrected chi connectivity index (χ4v) is 6.74. The molecular weight excluding hydrogens is 454 g/mol. The highest BCUT2D eigenvalue weighted by Gasteiger charge is 2.40. The van der Waals surface area contributed by atoms with Crippen molar-refractivity contribution in [2.24, 2.45) is 11.8 Å². The Hall–Kier alpha value is -2.65. The Kier molecular flexibility index (Phi) is 6.02. The summed E-state index contributed by atoms with van der Waals surface area (Å²) in [6.45, 7) is 2.93. The number of sulfonamides is 1. The second kappa shape index (κ2) is 8.85. The Labute approximate surface area is 200 Å². The second-order valence-corrected chi connectivity index (χ2v) is 11.7. The molecule has 2 unspecified atom stereocenters. The average molecular weight is 486 g/mol.